The summed E-state index contributed by atoms with van der Waals surface area (Å²) in [7, 11) is -2.67. The van der Waals surface area contributed by atoms with Crippen molar-refractivity contribution >= 4 is 39.1 Å². The van der Waals surface area contributed by atoms with Gasteiger partial charge < -0.3 is 15.0 Å². The number of halogens is 1. The molecule has 214 valence electrons. The van der Waals surface area contributed by atoms with Crippen molar-refractivity contribution in [2.75, 3.05) is 18.0 Å². The van der Waals surface area contributed by atoms with Crippen molar-refractivity contribution in [1.82, 2.24) is 10.2 Å². The minimum absolute atomic E-state index is 0.0384. The molecule has 2 amide bonds. The van der Waals surface area contributed by atoms with Crippen LogP contribution in [0.1, 0.15) is 39.2 Å². The highest BCUT2D eigenvalue weighted by Gasteiger charge is 2.34. The van der Waals surface area contributed by atoms with Gasteiger partial charge in [-0.25, -0.2) is 8.42 Å². The van der Waals surface area contributed by atoms with E-state index in [-0.39, 0.29) is 29.1 Å². The molecule has 0 aromatic heterocycles. The van der Waals surface area contributed by atoms with Gasteiger partial charge in [-0.1, -0.05) is 61.8 Å². The lowest BCUT2D eigenvalue weighted by atomic mass is 10.1. The van der Waals surface area contributed by atoms with E-state index in [1.807, 2.05) is 20.8 Å². The molecule has 2 atom stereocenters. The van der Waals surface area contributed by atoms with Crippen molar-refractivity contribution in [1.29, 1.82) is 0 Å². The van der Waals surface area contributed by atoms with E-state index in [1.165, 1.54) is 24.1 Å². The molecule has 0 spiro atoms. The first-order valence-corrected chi connectivity index (χ1v) is 15.0. The second kappa shape index (κ2) is 14.2. The van der Waals surface area contributed by atoms with Gasteiger partial charge >= 0.3 is 0 Å². The maximum absolute atomic E-state index is 14.1. The molecule has 1 N–H and O–H groups in total. The summed E-state index contributed by atoms with van der Waals surface area (Å²) < 4.78 is 34.1. The molecule has 0 aliphatic rings. The van der Waals surface area contributed by atoms with Gasteiger partial charge in [0.1, 0.15) is 18.3 Å². The molecule has 3 aromatic rings. The summed E-state index contributed by atoms with van der Waals surface area (Å²) in [6.45, 7) is 5.25. The Morgan fingerprint density at radius 1 is 0.950 bits per heavy atom. The quantitative estimate of drug-likeness (QED) is 0.295. The Kier molecular flexibility index (Phi) is 11.0. The number of sulfonamides is 1. The van der Waals surface area contributed by atoms with E-state index in [2.05, 4.69) is 5.32 Å². The maximum Gasteiger partial charge on any atom is 0.264 e. The third kappa shape index (κ3) is 7.76. The molecule has 0 bridgehead atoms. The predicted octanol–water partition coefficient (Wildman–Crippen LogP) is 5.27. The molecule has 0 unspecified atom stereocenters. The lowest BCUT2D eigenvalue weighted by molar-refractivity contribution is -0.140. The number of carbonyl (C=O) groups excluding carboxylic acids is 2. The summed E-state index contributed by atoms with van der Waals surface area (Å²) in [4.78, 5) is 28.9. The number of carbonyl (C=O) groups is 2. The van der Waals surface area contributed by atoms with Crippen molar-refractivity contribution in [3.8, 4) is 5.75 Å². The molecule has 3 aromatic carbocycles. The zero-order chi connectivity index (χ0) is 29.3. The fourth-order valence-corrected chi connectivity index (χ4v) is 5.71. The van der Waals surface area contributed by atoms with Crippen LogP contribution >= 0.6 is 11.6 Å². The zero-order valence-corrected chi connectivity index (χ0v) is 24.8. The number of amides is 2. The number of rotatable bonds is 13. The van der Waals surface area contributed by atoms with Crippen molar-refractivity contribution in [2.24, 2.45) is 0 Å². The van der Waals surface area contributed by atoms with Gasteiger partial charge in [0.05, 0.1) is 17.7 Å². The van der Waals surface area contributed by atoms with Crippen LogP contribution in [-0.2, 0) is 26.2 Å². The maximum atomic E-state index is 14.1. The number of nitrogens with one attached hydrogen (secondary N) is 1. The number of hydrogen-bond donors (Lipinski definition) is 1. The van der Waals surface area contributed by atoms with Crippen molar-refractivity contribution in [3.05, 3.63) is 89.4 Å². The lowest BCUT2D eigenvalue weighted by Gasteiger charge is -2.33. The van der Waals surface area contributed by atoms with Crippen LogP contribution in [0, 0.1) is 0 Å². The highest BCUT2D eigenvalue weighted by Crippen LogP contribution is 2.28. The molecule has 0 aliphatic heterocycles. The fourth-order valence-electron chi connectivity index (χ4n) is 4.16. The monoisotopic (exact) mass is 585 g/mol. The standard InChI is InChI=1S/C30H36ClN3O5S/c1-5-22(3)32-30(36)28(6-2)33(20-23-15-17-24(31)18-16-23)29(35)21-34(25-11-10-12-26(19-25)39-4)40(37,38)27-13-8-7-9-14-27/h7-19,22,28H,5-6,20-21H2,1-4H3,(H,32,36)/t22-,28-/m0/s1. The van der Waals surface area contributed by atoms with E-state index in [0.29, 0.717) is 17.2 Å². The number of anilines is 1. The Morgan fingerprint density at radius 2 is 1.62 bits per heavy atom. The fraction of sp³-hybridized carbons (Fsp3) is 0.333. The van der Waals surface area contributed by atoms with Crippen molar-refractivity contribution in [3.63, 3.8) is 0 Å². The van der Waals surface area contributed by atoms with E-state index in [9.17, 15) is 18.0 Å². The number of ether oxygens (including phenoxy) is 1. The van der Waals surface area contributed by atoms with Gasteiger partial charge in [0.25, 0.3) is 10.0 Å². The molecule has 0 fully saturated rings. The van der Waals surface area contributed by atoms with Gasteiger partial charge in [0.15, 0.2) is 0 Å². The molecule has 0 saturated carbocycles. The average Bonchev–Trinajstić information content (AvgIpc) is 2.96. The molecule has 40 heavy (non-hydrogen) atoms. The van der Waals surface area contributed by atoms with Gasteiger partial charge in [-0.15, -0.1) is 0 Å². The summed E-state index contributed by atoms with van der Waals surface area (Å²) in [5, 5.41) is 3.51. The minimum Gasteiger partial charge on any atom is -0.497 e. The number of hydrogen-bond acceptors (Lipinski definition) is 5. The summed E-state index contributed by atoms with van der Waals surface area (Å²) >= 11 is 6.07. The van der Waals surface area contributed by atoms with Gasteiger partial charge in [0.2, 0.25) is 11.8 Å². The van der Waals surface area contributed by atoms with Crippen LogP contribution in [-0.4, -0.2) is 50.9 Å². The minimum atomic E-state index is -4.15. The second-order valence-electron chi connectivity index (χ2n) is 9.42. The van der Waals surface area contributed by atoms with Crippen molar-refractivity contribution in [2.45, 2.75) is 57.1 Å². The van der Waals surface area contributed by atoms with Crippen LogP contribution in [0.2, 0.25) is 5.02 Å². The number of benzene rings is 3. The van der Waals surface area contributed by atoms with E-state index in [1.54, 1.807) is 66.7 Å². The SMILES string of the molecule is CC[C@H](C)NC(=O)[C@H](CC)N(Cc1ccc(Cl)cc1)C(=O)CN(c1cccc(OC)c1)S(=O)(=O)c1ccccc1. The smallest absolute Gasteiger partial charge is 0.264 e. The zero-order valence-electron chi connectivity index (χ0n) is 23.2. The normalized spacial score (nSPS) is 12.7. The first-order chi connectivity index (χ1) is 19.1. The van der Waals surface area contributed by atoms with Crippen LogP contribution < -0.4 is 14.4 Å². The summed E-state index contributed by atoms with van der Waals surface area (Å²) in [5.41, 5.74) is 1.02. The Bertz CT molecular complexity index is 1380. The largest absolute Gasteiger partial charge is 0.497 e. The third-order valence-electron chi connectivity index (χ3n) is 6.60. The van der Waals surface area contributed by atoms with Gasteiger partial charge in [-0.3, -0.25) is 13.9 Å². The first kappa shape index (κ1) is 31.0. The lowest BCUT2D eigenvalue weighted by Crippen LogP contribution is -2.53. The van der Waals surface area contributed by atoms with Crippen LogP contribution in [0.25, 0.3) is 0 Å². The Labute approximate surface area is 241 Å². The molecule has 3 rings (SSSR count). The second-order valence-corrected chi connectivity index (χ2v) is 11.7. The summed E-state index contributed by atoms with van der Waals surface area (Å²) in [5.74, 6) is -0.378. The highest BCUT2D eigenvalue weighted by atomic mass is 35.5. The molecule has 0 saturated heterocycles. The number of methoxy groups -OCH3 is 1. The Balaban J connectivity index is 2.06. The molecule has 0 radical (unpaired) electrons. The van der Waals surface area contributed by atoms with Gasteiger partial charge in [0, 0.05) is 23.7 Å². The Morgan fingerprint density at radius 3 is 2.23 bits per heavy atom. The molecule has 0 heterocycles. The van der Waals surface area contributed by atoms with Crippen molar-refractivity contribution < 1.29 is 22.7 Å². The van der Waals surface area contributed by atoms with Crippen LogP contribution in [0.15, 0.2) is 83.8 Å². The van der Waals surface area contributed by atoms with E-state index in [4.69, 9.17) is 16.3 Å². The average molecular weight is 586 g/mol. The topological polar surface area (TPSA) is 96.0 Å². The first-order valence-electron chi connectivity index (χ1n) is 13.2. The molecular formula is C30H36ClN3O5S. The summed E-state index contributed by atoms with van der Waals surface area (Å²) in [6, 6.07) is 20.5. The third-order valence-corrected chi connectivity index (χ3v) is 8.64. The van der Waals surface area contributed by atoms with Crippen LogP contribution in [0.5, 0.6) is 5.75 Å². The summed E-state index contributed by atoms with van der Waals surface area (Å²) in [6.07, 6.45) is 1.07. The molecular weight excluding hydrogens is 550 g/mol. The molecule has 8 nitrogen and oxygen atoms in total. The number of nitrogens with zero attached hydrogens (tertiary/aromatic N) is 2. The van der Waals surface area contributed by atoms with Crippen LogP contribution in [0.4, 0.5) is 5.69 Å². The van der Waals surface area contributed by atoms with E-state index in [0.717, 1.165) is 16.3 Å². The Hall–Kier alpha value is -3.56. The molecule has 10 heteroatoms. The molecule has 0 aliphatic carbocycles. The van der Waals surface area contributed by atoms with Gasteiger partial charge in [-0.2, -0.15) is 0 Å². The van der Waals surface area contributed by atoms with Gasteiger partial charge in [-0.05, 0) is 61.7 Å². The highest BCUT2D eigenvalue weighted by molar-refractivity contribution is 7.92. The van der Waals surface area contributed by atoms with E-state index >= 15 is 0 Å². The van der Waals surface area contributed by atoms with Crippen LogP contribution in [0.3, 0.4) is 0 Å². The van der Waals surface area contributed by atoms with E-state index < -0.39 is 28.5 Å². The predicted molar refractivity (Wildman–Crippen MR) is 158 cm³/mol.